The third-order valence-electron chi connectivity index (χ3n) is 4.13. The van der Waals surface area contributed by atoms with Crippen molar-refractivity contribution in [1.29, 1.82) is 0 Å². The molecule has 1 amide bonds. The van der Waals surface area contributed by atoms with Crippen LogP contribution in [0.25, 0.3) is 0 Å². The molecule has 150 valence electrons. The van der Waals surface area contributed by atoms with Crippen molar-refractivity contribution in [2.75, 3.05) is 25.3 Å². The van der Waals surface area contributed by atoms with Crippen LogP contribution in [-0.4, -0.2) is 41.4 Å². The molecule has 0 aliphatic heterocycles. The standard InChI is InChI=1S/C21H21N3O4S/c1-27-18-6-4-3-5-16(18)13-24-12-11-22-21(24)29-14-19(25)23-17-9-7-15(8-10-17)20(26)28-2/h3-12H,13-14H2,1-2H3,(H,23,25). The maximum Gasteiger partial charge on any atom is 0.337 e. The van der Waals surface area contributed by atoms with E-state index in [2.05, 4.69) is 15.0 Å². The average Bonchev–Trinajstić information content (AvgIpc) is 3.19. The number of para-hydroxylation sites is 1. The Hall–Kier alpha value is -3.26. The van der Waals surface area contributed by atoms with Gasteiger partial charge in [0.2, 0.25) is 5.91 Å². The monoisotopic (exact) mass is 411 g/mol. The first-order chi connectivity index (χ1) is 14.1. The molecule has 0 aliphatic rings. The number of anilines is 1. The fraction of sp³-hybridized carbons (Fsp3) is 0.190. The molecule has 0 aliphatic carbocycles. The number of carbonyl (C=O) groups is 2. The fourth-order valence-corrected chi connectivity index (χ4v) is 3.47. The highest BCUT2D eigenvalue weighted by molar-refractivity contribution is 7.99. The molecule has 3 aromatic rings. The Morgan fingerprint density at radius 3 is 2.59 bits per heavy atom. The first kappa shape index (κ1) is 20.5. The zero-order valence-electron chi connectivity index (χ0n) is 16.1. The summed E-state index contributed by atoms with van der Waals surface area (Å²) in [7, 11) is 2.97. The molecule has 2 aromatic carbocycles. The number of nitrogens with zero attached hydrogens (tertiary/aromatic N) is 2. The molecule has 1 heterocycles. The summed E-state index contributed by atoms with van der Waals surface area (Å²) in [5.74, 6) is 0.445. The van der Waals surface area contributed by atoms with Gasteiger partial charge in [0.15, 0.2) is 5.16 Å². The molecular formula is C21H21N3O4S. The fourth-order valence-electron chi connectivity index (χ4n) is 2.71. The van der Waals surface area contributed by atoms with Gasteiger partial charge in [-0.1, -0.05) is 30.0 Å². The van der Waals surface area contributed by atoms with Crippen LogP contribution < -0.4 is 10.1 Å². The molecule has 0 saturated heterocycles. The topological polar surface area (TPSA) is 82.5 Å². The molecule has 0 atom stereocenters. The molecule has 3 rings (SSSR count). The largest absolute Gasteiger partial charge is 0.496 e. The van der Waals surface area contributed by atoms with E-state index in [4.69, 9.17) is 4.74 Å². The molecule has 7 nitrogen and oxygen atoms in total. The molecule has 0 radical (unpaired) electrons. The average molecular weight is 411 g/mol. The Morgan fingerprint density at radius 2 is 1.86 bits per heavy atom. The number of hydrogen-bond donors (Lipinski definition) is 1. The number of amides is 1. The van der Waals surface area contributed by atoms with Crippen LogP contribution in [0.4, 0.5) is 5.69 Å². The highest BCUT2D eigenvalue weighted by Crippen LogP contribution is 2.22. The van der Waals surface area contributed by atoms with Crippen LogP contribution in [0, 0.1) is 0 Å². The van der Waals surface area contributed by atoms with Crippen molar-refractivity contribution in [3.05, 3.63) is 72.1 Å². The number of ether oxygens (including phenoxy) is 2. The van der Waals surface area contributed by atoms with Crippen molar-refractivity contribution >= 4 is 29.3 Å². The van der Waals surface area contributed by atoms with Crippen molar-refractivity contribution in [3.63, 3.8) is 0 Å². The minimum Gasteiger partial charge on any atom is -0.496 e. The van der Waals surface area contributed by atoms with Crippen LogP contribution in [0.1, 0.15) is 15.9 Å². The van der Waals surface area contributed by atoms with E-state index >= 15 is 0 Å². The predicted octanol–water partition coefficient (Wildman–Crippen LogP) is 3.46. The number of thioether (sulfide) groups is 1. The van der Waals surface area contributed by atoms with Gasteiger partial charge in [-0.25, -0.2) is 9.78 Å². The minimum atomic E-state index is -0.416. The van der Waals surface area contributed by atoms with E-state index in [9.17, 15) is 9.59 Å². The Kier molecular flexibility index (Phi) is 6.91. The smallest absolute Gasteiger partial charge is 0.337 e. The first-order valence-electron chi connectivity index (χ1n) is 8.84. The SMILES string of the molecule is COC(=O)c1ccc(NC(=O)CSc2nccn2Cc2ccccc2OC)cc1. The lowest BCUT2D eigenvalue weighted by molar-refractivity contribution is -0.113. The maximum atomic E-state index is 12.3. The van der Waals surface area contributed by atoms with E-state index < -0.39 is 5.97 Å². The number of carbonyl (C=O) groups excluding carboxylic acids is 2. The maximum absolute atomic E-state index is 12.3. The van der Waals surface area contributed by atoms with Crippen molar-refractivity contribution in [2.45, 2.75) is 11.7 Å². The number of nitrogens with one attached hydrogen (secondary N) is 1. The molecule has 8 heteroatoms. The number of imidazole rings is 1. The Labute approximate surface area is 173 Å². The van der Waals surface area contributed by atoms with Gasteiger partial charge in [0, 0.05) is 23.6 Å². The number of methoxy groups -OCH3 is 2. The van der Waals surface area contributed by atoms with Crippen LogP contribution in [0.2, 0.25) is 0 Å². The van der Waals surface area contributed by atoms with Crippen molar-refractivity contribution < 1.29 is 19.1 Å². The summed E-state index contributed by atoms with van der Waals surface area (Å²) in [5, 5.41) is 3.55. The zero-order valence-corrected chi connectivity index (χ0v) is 16.9. The van der Waals surface area contributed by atoms with Gasteiger partial charge in [-0.3, -0.25) is 4.79 Å². The molecular weight excluding hydrogens is 390 g/mol. The normalized spacial score (nSPS) is 10.4. The molecule has 1 aromatic heterocycles. The van der Waals surface area contributed by atoms with Crippen LogP contribution in [0.3, 0.4) is 0 Å². The lowest BCUT2D eigenvalue weighted by atomic mass is 10.2. The molecule has 1 N–H and O–H groups in total. The Morgan fingerprint density at radius 1 is 1.10 bits per heavy atom. The van der Waals surface area contributed by atoms with Gasteiger partial charge in [0.1, 0.15) is 5.75 Å². The molecule has 29 heavy (non-hydrogen) atoms. The van der Waals surface area contributed by atoms with Crippen LogP contribution in [-0.2, 0) is 16.1 Å². The molecule has 0 spiro atoms. The predicted molar refractivity (Wildman–Crippen MR) is 111 cm³/mol. The Balaban J connectivity index is 1.57. The second kappa shape index (κ2) is 9.79. The summed E-state index contributed by atoms with van der Waals surface area (Å²) in [4.78, 5) is 28.1. The summed E-state index contributed by atoms with van der Waals surface area (Å²) in [6.07, 6.45) is 3.58. The van der Waals surface area contributed by atoms with Gasteiger partial charge < -0.3 is 19.4 Å². The quantitative estimate of drug-likeness (QED) is 0.452. The lowest BCUT2D eigenvalue weighted by Crippen LogP contribution is -2.15. The molecule has 0 unspecified atom stereocenters. The second-order valence-corrected chi connectivity index (χ2v) is 7.00. The minimum absolute atomic E-state index is 0.160. The van der Waals surface area contributed by atoms with Crippen molar-refractivity contribution in [1.82, 2.24) is 9.55 Å². The van der Waals surface area contributed by atoms with Crippen LogP contribution in [0.15, 0.2) is 66.1 Å². The number of hydrogen-bond acceptors (Lipinski definition) is 6. The number of benzene rings is 2. The Bertz CT molecular complexity index is 986. The van der Waals surface area contributed by atoms with E-state index in [0.717, 1.165) is 16.5 Å². The summed E-state index contributed by atoms with van der Waals surface area (Å²) >= 11 is 1.35. The summed E-state index contributed by atoms with van der Waals surface area (Å²) < 4.78 is 12.0. The zero-order chi connectivity index (χ0) is 20.6. The summed E-state index contributed by atoms with van der Waals surface area (Å²) in [6, 6.07) is 14.3. The van der Waals surface area contributed by atoms with Crippen molar-refractivity contribution in [2.24, 2.45) is 0 Å². The number of esters is 1. The van der Waals surface area contributed by atoms with Crippen LogP contribution >= 0.6 is 11.8 Å². The number of rotatable bonds is 8. The van der Waals surface area contributed by atoms with E-state index in [1.54, 1.807) is 37.6 Å². The van der Waals surface area contributed by atoms with Gasteiger partial charge in [0.25, 0.3) is 0 Å². The highest BCUT2D eigenvalue weighted by atomic mass is 32.2. The van der Waals surface area contributed by atoms with E-state index in [0.29, 0.717) is 17.8 Å². The lowest BCUT2D eigenvalue weighted by Gasteiger charge is -2.11. The van der Waals surface area contributed by atoms with Gasteiger partial charge in [-0.2, -0.15) is 0 Å². The summed E-state index contributed by atoms with van der Waals surface area (Å²) in [6.45, 7) is 0.600. The first-order valence-corrected chi connectivity index (χ1v) is 9.83. The van der Waals surface area contributed by atoms with Gasteiger partial charge in [-0.15, -0.1) is 0 Å². The summed E-state index contributed by atoms with van der Waals surface area (Å²) in [5.41, 5.74) is 2.07. The third kappa shape index (κ3) is 5.39. The second-order valence-electron chi connectivity index (χ2n) is 6.06. The van der Waals surface area contributed by atoms with Crippen LogP contribution in [0.5, 0.6) is 5.75 Å². The van der Waals surface area contributed by atoms with Crippen molar-refractivity contribution in [3.8, 4) is 5.75 Å². The highest BCUT2D eigenvalue weighted by Gasteiger charge is 2.11. The van der Waals surface area contributed by atoms with Gasteiger partial charge in [-0.05, 0) is 30.3 Å². The third-order valence-corrected chi connectivity index (χ3v) is 5.14. The van der Waals surface area contributed by atoms with Gasteiger partial charge in [0.05, 0.1) is 32.1 Å². The number of aromatic nitrogens is 2. The molecule has 0 saturated carbocycles. The van der Waals surface area contributed by atoms with E-state index in [1.807, 2.05) is 35.0 Å². The van der Waals surface area contributed by atoms with Gasteiger partial charge >= 0.3 is 5.97 Å². The molecule has 0 bridgehead atoms. The molecule has 0 fully saturated rings. The van der Waals surface area contributed by atoms with E-state index in [-0.39, 0.29) is 11.7 Å². The van der Waals surface area contributed by atoms with E-state index in [1.165, 1.54) is 18.9 Å².